The molecule has 0 aliphatic rings. The predicted molar refractivity (Wildman–Crippen MR) is 252 cm³/mol. The van der Waals surface area contributed by atoms with E-state index in [0.29, 0.717) is 5.82 Å². The minimum absolute atomic E-state index is 0.696. The van der Waals surface area contributed by atoms with Crippen molar-refractivity contribution < 1.29 is 4.42 Å². The zero-order valence-corrected chi connectivity index (χ0v) is 32.8. The highest BCUT2D eigenvalue weighted by atomic mass is 16.3. The van der Waals surface area contributed by atoms with Gasteiger partial charge in [-0.3, -0.25) is 0 Å². The van der Waals surface area contributed by atoms with Crippen LogP contribution in [0.15, 0.2) is 211 Å². The van der Waals surface area contributed by atoms with Crippen LogP contribution < -0.4 is 0 Å². The molecule has 0 amide bonds. The first-order valence-electron chi connectivity index (χ1n) is 20.7. The maximum atomic E-state index is 6.84. The molecule has 9 aromatic carbocycles. The van der Waals surface area contributed by atoms with Gasteiger partial charge in [-0.05, 0) is 71.8 Å². The second-order valence-electron chi connectivity index (χ2n) is 15.7. The first-order chi connectivity index (χ1) is 30.3. The molecule has 4 heterocycles. The van der Waals surface area contributed by atoms with Crippen molar-refractivity contribution in [3.8, 4) is 45.1 Å². The van der Waals surface area contributed by atoms with E-state index >= 15 is 0 Å². The molecule has 0 atom stereocenters. The number of nitrogens with zero attached hydrogens (tertiary/aromatic N) is 4. The quantitative estimate of drug-likeness (QED) is 0.175. The maximum Gasteiger partial charge on any atom is 0.160 e. The van der Waals surface area contributed by atoms with Gasteiger partial charge >= 0.3 is 0 Å². The zero-order valence-electron chi connectivity index (χ0n) is 32.8. The van der Waals surface area contributed by atoms with Crippen LogP contribution in [0.5, 0.6) is 0 Å². The van der Waals surface area contributed by atoms with Gasteiger partial charge in [0, 0.05) is 60.2 Å². The van der Waals surface area contributed by atoms with Crippen molar-refractivity contribution in [2.45, 2.75) is 0 Å². The molecular weight excluding hydrogens is 745 g/mol. The molecule has 284 valence electrons. The van der Waals surface area contributed by atoms with E-state index < -0.39 is 0 Å². The van der Waals surface area contributed by atoms with Crippen molar-refractivity contribution in [3.05, 3.63) is 206 Å². The summed E-state index contributed by atoms with van der Waals surface area (Å²) >= 11 is 0. The summed E-state index contributed by atoms with van der Waals surface area (Å²) in [5.41, 5.74) is 14.5. The van der Waals surface area contributed by atoms with Crippen molar-refractivity contribution >= 4 is 76.5 Å². The number of fused-ring (bicyclic) bond motifs is 12. The number of hydrogen-bond donors (Lipinski definition) is 0. The van der Waals surface area contributed by atoms with Gasteiger partial charge in [-0.2, -0.15) is 0 Å². The highest BCUT2D eigenvalue weighted by Gasteiger charge is 2.24. The topological polar surface area (TPSA) is 48.8 Å². The number of furan rings is 1. The lowest BCUT2D eigenvalue weighted by Gasteiger charge is -2.14. The summed E-state index contributed by atoms with van der Waals surface area (Å²) in [6, 6.07) is 73.1. The van der Waals surface area contributed by atoms with E-state index in [-0.39, 0.29) is 0 Å². The first-order valence-corrected chi connectivity index (χ1v) is 20.7. The van der Waals surface area contributed by atoms with E-state index in [1.165, 1.54) is 16.3 Å². The summed E-state index contributed by atoms with van der Waals surface area (Å²) in [4.78, 5) is 10.3. The molecule has 0 spiro atoms. The van der Waals surface area contributed by atoms with Crippen LogP contribution in [0.3, 0.4) is 0 Å². The summed E-state index contributed by atoms with van der Waals surface area (Å²) in [5, 5.41) is 7.93. The van der Waals surface area contributed by atoms with Gasteiger partial charge in [0.05, 0.1) is 33.3 Å². The molecule has 61 heavy (non-hydrogen) atoms. The van der Waals surface area contributed by atoms with Crippen molar-refractivity contribution in [1.29, 1.82) is 0 Å². The van der Waals surface area contributed by atoms with E-state index in [9.17, 15) is 0 Å². The summed E-state index contributed by atoms with van der Waals surface area (Å²) in [7, 11) is 0. The highest BCUT2D eigenvalue weighted by molar-refractivity contribution is 6.27. The molecule has 0 radical (unpaired) electrons. The van der Waals surface area contributed by atoms with Gasteiger partial charge in [-0.1, -0.05) is 146 Å². The second-order valence-corrected chi connectivity index (χ2v) is 15.7. The van der Waals surface area contributed by atoms with Crippen LogP contribution >= 0.6 is 0 Å². The first kappa shape index (κ1) is 33.7. The Morgan fingerprint density at radius 2 is 0.951 bits per heavy atom. The minimum atomic E-state index is 0.696. The lowest BCUT2D eigenvalue weighted by atomic mass is 10.1. The highest BCUT2D eigenvalue weighted by Crippen LogP contribution is 2.45. The molecule has 5 nitrogen and oxygen atoms in total. The molecule has 0 aliphatic heterocycles. The zero-order chi connectivity index (χ0) is 40.0. The van der Waals surface area contributed by atoms with Gasteiger partial charge in [0.1, 0.15) is 5.58 Å². The van der Waals surface area contributed by atoms with E-state index in [4.69, 9.17) is 14.4 Å². The average molecular weight is 779 g/mol. The van der Waals surface area contributed by atoms with Crippen molar-refractivity contribution in [2.24, 2.45) is 0 Å². The fourth-order valence-electron chi connectivity index (χ4n) is 9.57. The Kier molecular flexibility index (Phi) is 7.24. The standard InChI is InChI=1S/C56H34N4O/c1-3-14-35(15-4-1)38-18-13-19-40(34-38)60-53-44(45-32-33-46-42-21-9-12-25-50(42)61-55(46)54(45)60)31-30-43-41-20-8-11-24-49(41)59(52(43)53)39-28-26-37(27-29-39)56-57-48-23-10-7-22-47(48)51(58-56)36-16-5-2-6-17-36/h1-34H. The summed E-state index contributed by atoms with van der Waals surface area (Å²) in [5.74, 6) is 0.696. The average Bonchev–Trinajstić information content (AvgIpc) is 4.00. The number of benzene rings is 9. The third-order valence-electron chi connectivity index (χ3n) is 12.3. The Labute approximate surface area is 350 Å². The number of aromatic nitrogens is 4. The molecule has 0 saturated carbocycles. The van der Waals surface area contributed by atoms with Crippen LogP contribution in [0.25, 0.3) is 122 Å². The molecule has 0 aliphatic carbocycles. The summed E-state index contributed by atoms with van der Waals surface area (Å²) in [6.07, 6.45) is 0. The molecule has 13 rings (SSSR count). The van der Waals surface area contributed by atoms with E-state index in [2.05, 4.69) is 191 Å². The van der Waals surface area contributed by atoms with E-state index in [1.54, 1.807) is 0 Å². The third kappa shape index (κ3) is 5.08. The van der Waals surface area contributed by atoms with Crippen molar-refractivity contribution in [2.75, 3.05) is 0 Å². The Morgan fingerprint density at radius 1 is 0.344 bits per heavy atom. The molecule has 13 aromatic rings. The fraction of sp³-hybridized carbons (Fsp3) is 0. The normalized spacial score (nSPS) is 11.9. The predicted octanol–water partition coefficient (Wildman–Crippen LogP) is 14.7. The van der Waals surface area contributed by atoms with Crippen LogP contribution in [-0.4, -0.2) is 19.1 Å². The molecule has 0 fully saturated rings. The van der Waals surface area contributed by atoms with E-state index in [1.807, 2.05) is 24.3 Å². The monoisotopic (exact) mass is 778 g/mol. The van der Waals surface area contributed by atoms with Crippen molar-refractivity contribution in [3.63, 3.8) is 0 Å². The maximum absolute atomic E-state index is 6.84. The number of rotatable bonds is 5. The van der Waals surface area contributed by atoms with Gasteiger partial charge in [-0.25, -0.2) is 9.97 Å². The second kappa shape index (κ2) is 13.1. The SMILES string of the molecule is c1ccc(-c2cccc(-n3c4c(ccc5c6ccccc6oc54)c4ccc5c6ccccc6n(-c6ccc(-c7nc(-c8ccccc8)c8ccccc8n7)cc6)c5c43)c2)cc1. The smallest absolute Gasteiger partial charge is 0.160 e. The molecule has 4 aromatic heterocycles. The lowest BCUT2D eigenvalue weighted by Crippen LogP contribution is -1.99. The van der Waals surface area contributed by atoms with Gasteiger partial charge in [0.15, 0.2) is 11.4 Å². The molecule has 5 heteroatoms. The third-order valence-corrected chi connectivity index (χ3v) is 12.3. The van der Waals surface area contributed by atoms with Crippen LogP contribution in [0.2, 0.25) is 0 Å². The summed E-state index contributed by atoms with van der Waals surface area (Å²) < 4.78 is 11.7. The Bertz CT molecular complexity index is 3860. The van der Waals surface area contributed by atoms with E-state index in [0.717, 1.165) is 99.4 Å². The van der Waals surface area contributed by atoms with Crippen molar-refractivity contribution in [1.82, 2.24) is 19.1 Å². The molecular formula is C56H34N4O. The molecule has 0 unspecified atom stereocenters. The largest absolute Gasteiger partial charge is 0.454 e. The minimum Gasteiger partial charge on any atom is -0.454 e. The molecule has 0 bridgehead atoms. The number of hydrogen-bond acceptors (Lipinski definition) is 3. The van der Waals surface area contributed by atoms with Gasteiger partial charge in [-0.15, -0.1) is 0 Å². The molecule has 0 N–H and O–H groups in total. The van der Waals surface area contributed by atoms with Crippen LogP contribution in [-0.2, 0) is 0 Å². The van der Waals surface area contributed by atoms with Gasteiger partial charge in [0.25, 0.3) is 0 Å². The Balaban J connectivity index is 1.10. The van der Waals surface area contributed by atoms with Gasteiger partial charge < -0.3 is 13.6 Å². The van der Waals surface area contributed by atoms with Crippen LogP contribution in [0, 0.1) is 0 Å². The molecule has 0 saturated heterocycles. The van der Waals surface area contributed by atoms with Gasteiger partial charge in [0.2, 0.25) is 0 Å². The summed E-state index contributed by atoms with van der Waals surface area (Å²) in [6.45, 7) is 0. The Morgan fingerprint density at radius 3 is 1.75 bits per heavy atom. The fourth-order valence-corrected chi connectivity index (χ4v) is 9.57. The Hall–Kier alpha value is -8.28. The van der Waals surface area contributed by atoms with Crippen LogP contribution in [0.1, 0.15) is 0 Å². The number of para-hydroxylation sites is 3. The van der Waals surface area contributed by atoms with Crippen LogP contribution in [0.4, 0.5) is 0 Å². The lowest BCUT2D eigenvalue weighted by molar-refractivity contribution is 0.671.